The predicted molar refractivity (Wildman–Crippen MR) is 115 cm³/mol. The van der Waals surface area contributed by atoms with Crippen molar-refractivity contribution in [3.63, 3.8) is 0 Å². The van der Waals surface area contributed by atoms with Crippen LogP contribution in [0.1, 0.15) is 49.3 Å². The summed E-state index contributed by atoms with van der Waals surface area (Å²) < 4.78 is 0. The van der Waals surface area contributed by atoms with Crippen molar-refractivity contribution in [1.82, 2.24) is 4.90 Å². The summed E-state index contributed by atoms with van der Waals surface area (Å²) in [5.41, 5.74) is 0.438. The van der Waals surface area contributed by atoms with Crippen molar-refractivity contribution in [2.24, 2.45) is 5.92 Å². The van der Waals surface area contributed by atoms with E-state index in [-0.39, 0.29) is 11.3 Å². The maximum absolute atomic E-state index is 12.1. The van der Waals surface area contributed by atoms with E-state index >= 15 is 0 Å². The van der Waals surface area contributed by atoms with Gasteiger partial charge in [0.25, 0.3) is 0 Å². The number of aryl methyl sites for hydroxylation is 1. The normalized spacial score (nSPS) is 33.9. The van der Waals surface area contributed by atoms with Crippen molar-refractivity contribution < 1.29 is 15.3 Å². The largest absolute Gasteiger partial charge is 0.508 e. The Hall–Kier alpha value is -1.88. The molecule has 4 unspecified atom stereocenters. The molecule has 2 aromatic carbocycles. The predicted octanol–water partition coefficient (Wildman–Crippen LogP) is 3.58. The minimum Gasteiger partial charge on any atom is -0.508 e. The summed E-state index contributed by atoms with van der Waals surface area (Å²) in [5, 5.41) is 34.1. The first-order valence-corrected chi connectivity index (χ1v) is 10.7. The van der Waals surface area contributed by atoms with Crippen LogP contribution in [0.25, 0.3) is 0 Å². The van der Waals surface area contributed by atoms with Crippen LogP contribution in [0, 0.1) is 5.92 Å². The van der Waals surface area contributed by atoms with Crippen LogP contribution in [-0.2, 0) is 17.4 Å². The van der Waals surface area contributed by atoms with E-state index in [0.29, 0.717) is 25.1 Å². The Bertz CT molecular complexity index is 883. The van der Waals surface area contributed by atoms with E-state index in [2.05, 4.69) is 6.92 Å². The van der Waals surface area contributed by atoms with Crippen LogP contribution in [0.5, 0.6) is 5.75 Å². The average molecular weight is 396 g/mol. The van der Waals surface area contributed by atoms with Crippen LogP contribution in [0.4, 0.5) is 0 Å². The molecule has 0 bridgehead atoms. The second kappa shape index (κ2) is 7.12. The Morgan fingerprint density at radius 2 is 1.79 bits per heavy atom. The lowest BCUT2D eigenvalue weighted by Gasteiger charge is -2.60. The first-order chi connectivity index (χ1) is 13.7. The molecule has 0 saturated heterocycles. The Morgan fingerprint density at radius 3 is 2.45 bits per heavy atom. The molecule has 0 spiro atoms. The van der Waals surface area contributed by atoms with Gasteiger partial charge < -0.3 is 20.2 Å². The van der Waals surface area contributed by atoms with Gasteiger partial charge in [-0.2, -0.15) is 0 Å². The molecule has 4 rings (SSSR count). The number of hydrogen-bond donors (Lipinski definition) is 3. The fourth-order valence-electron chi connectivity index (χ4n) is 6.26. The van der Waals surface area contributed by atoms with Gasteiger partial charge in [0.05, 0.1) is 0 Å². The number of benzene rings is 2. The lowest BCUT2D eigenvalue weighted by atomic mass is 9.48. The van der Waals surface area contributed by atoms with Crippen LogP contribution >= 0.6 is 0 Å². The van der Waals surface area contributed by atoms with E-state index in [1.54, 1.807) is 6.07 Å². The average Bonchev–Trinajstić information content (AvgIpc) is 2.69. The first-order valence-electron chi connectivity index (χ1n) is 10.7. The number of phenols is 1. The standard InChI is InChI=1S/C25H33NO3/c1-4-23-16-24(28,17-26(2)3)25(29,19-8-6-5-7-9-19)15-20(23)11-10-18-14-21(27)12-13-22(18)23/h5-9,12-14,20,27-29H,4,10-11,15-17H2,1-3H3. The number of likely N-dealkylation sites (N-methyl/N-ethyl adjacent to an activating group) is 1. The lowest BCUT2D eigenvalue weighted by molar-refractivity contribution is -0.219. The van der Waals surface area contributed by atoms with E-state index in [0.717, 1.165) is 24.8 Å². The number of nitrogens with zero attached hydrogens (tertiary/aromatic N) is 1. The van der Waals surface area contributed by atoms with Gasteiger partial charge in [0, 0.05) is 12.0 Å². The van der Waals surface area contributed by atoms with Gasteiger partial charge in [0.1, 0.15) is 17.0 Å². The van der Waals surface area contributed by atoms with E-state index in [1.165, 1.54) is 11.1 Å². The molecule has 0 heterocycles. The van der Waals surface area contributed by atoms with Crippen molar-refractivity contribution in [3.05, 3.63) is 65.2 Å². The zero-order valence-corrected chi connectivity index (χ0v) is 17.7. The maximum Gasteiger partial charge on any atom is 0.120 e. The molecule has 3 N–H and O–H groups in total. The Balaban J connectivity index is 1.87. The molecule has 4 nitrogen and oxygen atoms in total. The molecule has 29 heavy (non-hydrogen) atoms. The van der Waals surface area contributed by atoms with Crippen LogP contribution in [0.3, 0.4) is 0 Å². The number of phenolic OH excluding ortho intramolecular Hbond substituents is 1. The fourth-order valence-corrected chi connectivity index (χ4v) is 6.26. The van der Waals surface area contributed by atoms with Crippen LogP contribution in [0.2, 0.25) is 0 Å². The summed E-state index contributed by atoms with van der Waals surface area (Å²) in [4.78, 5) is 1.97. The van der Waals surface area contributed by atoms with Crippen LogP contribution in [0.15, 0.2) is 48.5 Å². The molecule has 4 heteroatoms. The molecular formula is C25H33NO3. The van der Waals surface area contributed by atoms with Gasteiger partial charge in [-0.1, -0.05) is 43.3 Å². The zero-order valence-electron chi connectivity index (χ0n) is 17.7. The zero-order chi connectivity index (χ0) is 20.9. The summed E-state index contributed by atoms with van der Waals surface area (Å²) in [6, 6.07) is 15.4. The third-order valence-corrected chi connectivity index (χ3v) is 7.55. The van der Waals surface area contributed by atoms with Crippen molar-refractivity contribution in [1.29, 1.82) is 0 Å². The minimum atomic E-state index is -1.30. The first kappa shape index (κ1) is 20.4. The molecule has 0 radical (unpaired) electrons. The van der Waals surface area contributed by atoms with E-state index < -0.39 is 11.2 Å². The fraction of sp³-hybridized carbons (Fsp3) is 0.520. The van der Waals surface area contributed by atoms with Crippen molar-refractivity contribution in [3.8, 4) is 5.75 Å². The summed E-state index contributed by atoms with van der Waals surface area (Å²) in [5.74, 6) is 0.575. The van der Waals surface area contributed by atoms with Gasteiger partial charge in [-0.3, -0.25) is 0 Å². The second-order valence-corrected chi connectivity index (χ2v) is 9.46. The van der Waals surface area contributed by atoms with E-state index in [4.69, 9.17) is 0 Å². The van der Waals surface area contributed by atoms with Crippen LogP contribution in [-0.4, -0.2) is 46.5 Å². The number of fused-ring (bicyclic) bond motifs is 3. The van der Waals surface area contributed by atoms with E-state index in [9.17, 15) is 15.3 Å². The molecule has 2 aliphatic carbocycles. The molecule has 0 amide bonds. The third-order valence-electron chi connectivity index (χ3n) is 7.55. The van der Waals surface area contributed by atoms with Crippen molar-refractivity contribution in [2.45, 2.75) is 55.6 Å². The van der Waals surface area contributed by atoms with Crippen molar-refractivity contribution >= 4 is 0 Å². The molecule has 0 aromatic heterocycles. The third kappa shape index (κ3) is 3.09. The molecule has 2 aromatic rings. The molecule has 1 fully saturated rings. The second-order valence-electron chi connectivity index (χ2n) is 9.46. The minimum absolute atomic E-state index is 0.201. The molecule has 0 aliphatic heterocycles. The van der Waals surface area contributed by atoms with Gasteiger partial charge in [-0.15, -0.1) is 0 Å². The SMILES string of the molecule is CCC12CC(O)(CN(C)C)C(O)(c3ccccc3)CC1CCc1cc(O)ccc12. The van der Waals surface area contributed by atoms with Crippen LogP contribution < -0.4 is 0 Å². The van der Waals surface area contributed by atoms with Gasteiger partial charge in [-0.05, 0) is 80.9 Å². The highest BCUT2D eigenvalue weighted by Gasteiger charge is 2.62. The van der Waals surface area contributed by atoms with Gasteiger partial charge in [0.2, 0.25) is 0 Å². The van der Waals surface area contributed by atoms with E-state index in [1.807, 2.05) is 61.5 Å². The molecule has 2 aliphatic rings. The summed E-state index contributed by atoms with van der Waals surface area (Å²) in [7, 11) is 3.89. The van der Waals surface area contributed by atoms with Gasteiger partial charge in [-0.25, -0.2) is 0 Å². The van der Waals surface area contributed by atoms with Gasteiger partial charge in [0.15, 0.2) is 0 Å². The van der Waals surface area contributed by atoms with Crippen molar-refractivity contribution in [2.75, 3.05) is 20.6 Å². The quantitative estimate of drug-likeness (QED) is 0.740. The molecule has 156 valence electrons. The smallest absolute Gasteiger partial charge is 0.120 e. The number of hydrogen-bond acceptors (Lipinski definition) is 4. The molecular weight excluding hydrogens is 362 g/mol. The Morgan fingerprint density at radius 1 is 1.07 bits per heavy atom. The molecule has 4 atom stereocenters. The Kier molecular flexibility index (Phi) is 5.01. The number of rotatable bonds is 4. The highest BCUT2D eigenvalue weighted by atomic mass is 16.4. The lowest BCUT2D eigenvalue weighted by Crippen LogP contribution is -2.66. The molecule has 1 saturated carbocycles. The number of aliphatic hydroxyl groups is 2. The highest BCUT2D eigenvalue weighted by Crippen LogP contribution is 2.60. The monoisotopic (exact) mass is 395 g/mol. The summed E-state index contributed by atoms with van der Waals surface area (Å²) in [6.45, 7) is 2.58. The highest BCUT2D eigenvalue weighted by molar-refractivity contribution is 5.45. The Labute approximate surface area is 173 Å². The number of aromatic hydroxyl groups is 1. The van der Waals surface area contributed by atoms with Gasteiger partial charge >= 0.3 is 0 Å². The topological polar surface area (TPSA) is 63.9 Å². The summed E-state index contributed by atoms with van der Waals surface area (Å²) in [6.07, 6.45) is 3.79. The maximum atomic E-state index is 12.1. The summed E-state index contributed by atoms with van der Waals surface area (Å²) >= 11 is 0.